The summed E-state index contributed by atoms with van der Waals surface area (Å²) >= 11 is 0. The van der Waals surface area contributed by atoms with Crippen molar-refractivity contribution in [3.05, 3.63) is 24.0 Å². The summed E-state index contributed by atoms with van der Waals surface area (Å²) in [6, 6.07) is 2.12. The molecular formula is C15H22N6O2. The number of amides is 1. The van der Waals surface area contributed by atoms with Crippen molar-refractivity contribution in [3.63, 3.8) is 0 Å². The molecule has 1 amide bonds. The van der Waals surface area contributed by atoms with Crippen molar-refractivity contribution in [3.8, 4) is 0 Å². The predicted octanol–water partition coefficient (Wildman–Crippen LogP) is 1.79. The number of nitrogens with zero attached hydrogens (tertiary/aromatic N) is 5. The van der Waals surface area contributed by atoms with Crippen molar-refractivity contribution in [2.45, 2.75) is 45.7 Å². The number of likely N-dealkylation sites (tertiary alicyclic amines) is 1. The third kappa shape index (κ3) is 3.76. The second kappa shape index (κ2) is 6.49. The van der Waals surface area contributed by atoms with Gasteiger partial charge in [-0.25, -0.2) is 0 Å². The van der Waals surface area contributed by atoms with Gasteiger partial charge in [0.15, 0.2) is 11.6 Å². The third-order valence-corrected chi connectivity index (χ3v) is 3.88. The molecular weight excluding hydrogens is 296 g/mol. The lowest BCUT2D eigenvalue weighted by Crippen LogP contribution is -2.22. The normalized spacial score (nSPS) is 18.7. The Balaban J connectivity index is 1.57. The van der Waals surface area contributed by atoms with E-state index in [4.69, 9.17) is 4.52 Å². The van der Waals surface area contributed by atoms with Gasteiger partial charge in [0, 0.05) is 38.2 Å². The van der Waals surface area contributed by atoms with E-state index in [1.807, 2.05) is 30.8 Å². The second-order valence-corrected chi connectivity index (χ2v) is 6.24. The Hall–Kier alpha value is -2.22. The molecule has 3 heterocycles. The molecule has 8 heteroatoms. The van der Waals surface area contributed by atoms with Crippen LogP contribution in [0.4, 0.5) is 5.82 Å². The topological polar surface area (TPSA) is 89.1 Å². The molecule has 1 saturated heterocycles. The van der Waals surface area contributed by atoms with Crippen LogP contribution < -0.4 is 5.32 Å². The molecule has 1 aliphatic rings. The van der Waals surface area contributed by atoms with E-state index in [9.17, 15) is 4.79 Å². The summed E-state index contributed by atoms with van der Waals surface area (Å²) in [5.74, 6) is 2.15. The predicted molar refractivity (Wildman–Crippen MR) is 83.8 cm³/mol. The molecule has 0 saturated carbocycles. The van der Waals surface area contributed by atoms with Gasteiger partial charge in [-0.2, -0.15) is 10.1 Å². The first-order chi connectivity index (χ1) is 11.0. The minimum Gasteiger partial charge on any atom is -0.339 e. The first-order valence-electron chi connectivity index (χ1n) is 7.89. The van der Waals surface area contributed by atoms with E-state index in [1.54, 1.807) is 0 Å². The fraction of sp³-hybridized carbons (Fsp3) is 0.600. The van der Waals surface area contributed by atoms with Crippen molar-refractivity contribution < 1.29 is 9.32 Å². The van der Waals surface area contributed by atoms with E-state index >= 15 is 0 Å². The molecule has 0 radical (unpaired) electrons. The summed E-state index contributed by atoms with van der Waals surface area (Å²) in [5, 5.41) is 11.1. The molecule has 23 heavy (non-hydrogen) atoms. The summed E-state index contributed by atoms with van der Waals surface area (Å²) in [5.41, 5.74) is 0. The van der Waals surface area contributed by atoms with Crippen LogP contribution in [0.1, 0.15) is 50.9 Å². The zero-order valence-corrected chi connectivity index (χ0v) is 13.7. The second-order valence-electron chi connectivity index (χ2n) is 6.24. The SMILES string of the molecule is CC(=O)Nc1ccn(C2CCN(Cc3noc(C(C)C)n3)C2)n1. The van der Waals surface area contributed by atoms with E-state index in [1.165, 1.54) is 6.92 Å². The lowest BCUT2D eigenvalue weighted by Gasteiger charge is -2.13. The number of nitrogens with one attached hydrogen (secondary N) is 1. The Kier molecular flexibility index (Phi) is 4.42. The number of hydrogen-bond acceptors (Lipinski definition) is 6. The van der Waals surface area contributed by atoms with E-state index in [0.29, 0.717) is 24.3 Å². The van der Waals surface area contributed by atoms with E-state index in [2.05, 4.69) is 25.5 Å². The lowest BCUT2D eigenvalue weighted by atomic mass is 10.2. The van der Waals surface area contributed by atoms with Crippen molar-refractivity contribution in [2.24, 2.45) is 0 Å². The van der Waals surface area contributed by atoms with Crippen LogP contribution in [0.3, 0.4) is 0 Å². The highest BCUT2D eigenvalue weighted by atomic mass is 16.5. The van der Waals surface area contributed by atoms with Crippen LogP contribution in [0.15, 0.2) is 16.8 Å². The Morgan fingerprint density at radius 1 is 1.52 bits per heavy atom. The first kappa shape index (κ1) is 15.7. The van der Waals surface area contributed by atoms with Gasteiger partial charge in [0.1, 0.15) is 0 Å². The molecule has 0 aliphatic carbocycles. The molecule has 1 N–H and O–H groups in total. The van der Waals surface area contributed by atoms with E-state index in [-0.39, 0.29) is 11.8 Å². The molecule has 1 aliphatic heterocycles. The van der Waals surface area contributed by atoms with Gasteiger partial charge in [0.05, 0.1) is 12.6 Å². The molecule has 0 spiro atoms. The van der Waals surface area contributed by atoms with Gasteiger partial charge in [0.25, 0.3) is 0 Å². The van der Waals surface area contributed by atoms with Gasteiger partial charge in [-0.3, -0.25) is 14.4 Å². The van der Waals surface area contributed by atoms with Gasteiger partial charge in [-0.05, 0) is 6.42 Å². The van der Waals surface area contributed by atoms with Crippen LogP contribution in [0.2, 0.25) is 0 Å². The van der Waals surface area contributed by atoms with Crippen molar-refractivity contribution in [2.75, 3.05) is 18.4 Å². The number of carbonyl (C=O) groups excluding carboxylic acids is 1. The number of carbonyl (C=O) groups is 1. The minimum atomic E-state index is -0.110. The van der Waals surface area contributed by atoms with Crippen LogP contribution >= 0.6 is 0 Å². The molecule has 2 aromatic rings. The molecule has 1 unspecified atom stereocenters. The summed E-state index contributed by atoms with van der Waals surface area (Å²) in [7, 11) is 0. The Morgan fingerprint density at radius 3 is 3.04 bits per heavy atom. The Labute approximate surface area is 134 Å². The molecule has 1 fully saturated rings. The smallest absolute Gasteiger partial charge is 0.229 e. The maximum Gasteiger partial charge on any atom is 0.229 e. The summed E-state index contributed by atoms with van der Waals surface area (Å²) in [6.07, 6.45) is 2.92. The van der Waals surface area contributed by atoms with Gasteiger partial charge >= 0.3 is 0 Å². The Bertz CT molecular complexity index is 677. The molecule has 1 atom stereocenters. The van der Waals surface area contributed by atoms with E-state index in [0.717, 1.165) is 25.3 Å². The highest BCUT2D eigenvalue weighted by Gasteiger charge is 2.26. The summed E-state index contributed by atoms with van der Waals surface area (Å²) in [6.45, 7) is 8.08. The summed E-state index contributed by atoms with van der Waals surface area (Å²) in [4.78, 5) is 17.8. The van der Waals surface area contributed by atoms with Gasteiger partial charge in [0.2, 0.25) is 11.8 Å². The molecule has 3 rings (SSSR count). The first-order valence-corrected chi connectivity index (χ1v) is 7.89. The van der Waals surface area contributed by atoms with Crippen molar-refractivity contribution >= 4 is 11.7 Å². The number of rotatable bonds is 5. The van der Waals surface area contributed by atoms with Crippen molar-refractivity contribution in [1.29, 1.82) is 0 Å². The average Bonchev–Trinajstić information content (AvgIpc) is 3.18. The standard InChI is InChI=1S/C15H22N6O2/c1-10(2)15-17-14(19-23-15)9-20-6-4-12(8-20)21-7-5-13(18-21)16-11(3)22/h5,7,10,12H,4,6,8-9H2,1-3H3,(H,16,18,22). The van der Waals surface area contributed by atoms with Gasteiger partial charge < -0.3 is 9.84 Å². The molecule has 8 nitrogen and oxygen atoms in total. The van der Waals surface area contributed by atoms with E-state index < -0.39 is 0 Å². The van der Waals surface area contributed by atoms with Crippen LogP contribution in [0.5, 0.6) is 0 Å². The number of aromatic nitrogens is 4. The zero-order valence-electron chi connectivity index (χ0n) is 13.7. The van der Waals surface area contributed by atoms with Crippen molar-refractivity contribution in [1.82, 2.24) is 24.8 Å². The average molecular weight is 318 g/mol. The molecule has 0 bridgehead atoms. The minimum absolute atomic E-state index is 0.110. The molecule has 0 aromatic carbocycles. The Morgan fingerprint density at radius 2 is 2.35 bits per heavy atom. The summed E-state index contributed by atoms with van der Waals surface area (Å²) < 4.78 is 7.16. The van der Waals surface area contributed by atoms with Crippen LogP contribution in [-0.4, -0.2) is 43.8 Å². The maximum absolute atomic E-state index is 11.1. The number of hydrogen-bond donors (Lipinski definition) is 1. The number of anilines is 1. The van der Waals surface area contributed by atoms with Crippen LogP contribution in [0.25, 0.3) is 0 Å². The monoisotopic (exact) mass is 318 g/mol. The van der Waals surface area contributed by atoms with Gasteiger partial charge in [-0.1, -0.05) is 19.0 Å². The third-order valence-electron chi connectivity index (χ3n) is 3.88. The van der Waals surface area contributed by atoms with Crippen LogP contribution in [-0.2, 0) is 11.3 Å². The van der Waals surface area contributed by atoms with Crippen LogP contribution in [0, 0.1) is 0 Å². The van der Waals surface area contributed by atoms with Gasteiger partial charge in [-0.15, -0.1) is 0 Å². The highest BCUT2D eigenvalue weighted by Crippen LogP contribution is 2.23. The highest BCUT2D eigenvalue weighted by molar-refractivity contribution is 5.87. The largest absolute Gasteiger partial charge is 0.339 e. The molecule has 2 aromatic heterocycles. The molecule has 124 valence electrons. The fourth-order valence-corrected chi connectivity index (χ4v) is 2.73. The quantitative estimate of drug-likeness (QED) is 0.904. The lowest BCUT2D eigenvalue weighted by molar-refractivity contribution is -0.114. The zero-order chi connectivity index (χ0) is 16.4. The maximum atomic E-state index is 11.1. The fourth-order valence-electron chi connectivity index (χ4n) is 2.73.